The first-order chi connectivity index (χ1) is 11.2. The van der Waals surface area contributed by atoms with E-state index in [0.29, 0.717) is 24.2 Å². The lowest BCUT2D eigenvalue weighted by atomic mass is 10.3. The van der Waals surface area contributed by atoms with Crippen LogP contribution in [0.4, 0.5) is 0 Å². The number of nitrogens with one attached hydrogen (secondary N) is 1. The van der Waals surface area contributed by atoms with Crippen molar-refractivity contribution in [3.8, 4) is 0 Å². The van der Waals surface area contributed by atoms with Crippen LogP contribution in [0.25, 0.3) is 11.1 Å². The fourth-order valence-corrected chi connectivity index (χ4v) is 2.44. The maximum Gasteiger partial charge on any atom is 0.419 e. The Morgan fingerprint density at radius 1 is 1.26 bits per heavy atom. The SMILES string of the molecule is O=C(CCn1c(=O)oc2ccccc21)NCCCn1ccnc1. The van der Waals surface area contributed by atoms with Gasteiger partial charge in [0.25, 0.3) is 0 Å². The molecule has 0 saturated carbocycles. The highest BCUT2D eigenvalue weighted by molar-refractivity contribution is 5.76. The maximum absolute atomic E-state index is 11.9. The quantitative estimate of drug-likeness (QED) is 0.668. The summed E-state index contributed by atoms with van der Waals surface area (Å²) >= 11 is 0. The van der Waals surface area contributed by atoms with E-state index in [9.17, 15) is 9.59 Å². The maximum atomic E-state index is 11.9. The number of imidazole rings is 1. The first kappa shape index (κ1) is 15.1. The molecule has 7 heteroatoms. The van der Waals surface area contributed by atoms with E-state index in [4.69, 9.17) is 4.42 Å². The molecule has 0 aliphatic heterocycles. The predicted octanol–water partition coefficient (Wildman–Crippen LogP) is 1.39. The molecule has 0 radical (unpaired) electrons. The van der Waals surface area contributed by atoms with Gasteiger partial charge >= 0.3 is 5.76 Å². The molecule has 0 bridgehead atoms. The van der Waals surface area contributed by atoms with Crippen molar-refractivity contribution in [2.45, 2.75) is 25.9 Å². The molecule has 120 valence electrons. The van der Waals surface area contributed by atoms with Crippen LogP contribution in [0.1, 0.15) is 12.8 Å². The van der Waals surface area contributed by atoms with E-state index in [-0.39, 0.29) is 12.3 Å². The van der Waals surface area contributed by atoms with Gasteiger partial charge in [0, 0.05) is 38.4 Å². The number of hydrogen-bond acceptors (Lipinski definition) is 4. The van der Waals surface area contributed by atoms with Crippen molar-refractivity contribution in [1.82, 2.24) is 19.4 Å². The third-order valence-electron chi connectivity index (χ3n) is 3.61. The molecule has 0 spiro atoms. The second kappa shape index (κ2) is 6.95. The van der Waals surface area contributed by atoms with Crippen molar-refractivity contribution >= 4 is 17.0 Å². The molecule has 0 aliphatic rings. The summed E-state index contributed by atoms with van der Waals surface area (Å²) in [4.78, 5) is 27.6. The Kier molecular flexibility index (Phi) is 4.56. The number of oxazole rings is 1. The first-order valence-corrected chi connectivity index (χ1v) is 7.55. The minimum atomic E-state index is -0.431. The monoisotopic (exact) mass is 314 g/mol. The number of amides is 1. The molecule has 2 heterocycles. The molecule has 7 nitrogen and oxygen atoms in total. The highest BCUT2D eigenvalue weighted by atomic mass is 16.4. The molecule has 0 unspecified atom stereocenters. The smallest absolute Gasteiger partial charge is 0.408 e. The number of hydrogen-bond donors (Lipinski definition) is 1. The van der Waals surface area contributed by atoms with Crippen LogP contribution in [0.5, 0.6) is 0 Å². The largest absolute Gasteiger partial charge is 0.419 e. The minimum absolute atomic E-state index is 0.0761. The van der Waals surface area contributed by atoms with Crippen LogP contribution in [0.2, 0.25) is 0 Å². The van der Waals surface area contributed by atoms with Gasteiger partial charge in [0.15, 0.2) is 5.58 Å². The standard InChI is InChI=1S/C16H18N4O3/c21-15(18-7-3-9-19-11-8-17-12-19)6-10-20-13-4-1-2-5-14(13)23-16(20)22/h1-2,4-5,8,11-12H,3,6-7,9-10H2,(H,18,21). The number of carbonyl (C=O) groups excluding carboxylic acids is 1. The summed E-state index contributed by atoms with van der Waals surface area (Å²) < 4.78 is 8.59. The van der Waals surface area contributed by atoms with Gasteiger partial charge in [0.05, 0.1) is 11.8 Å². The van der Waals surface area contributed by atoms with E-state index in [0.717, 1.165) is 13.0 Å². The van der Waals surface area contributed by atoms with Gasteiger partial charge in [-0.05, 0) is 18.6 Å². The molecule has 23 heavy (non-hydrogen) atoms. The number of carbonyl (C=O) groups is 1. The van der Waals surface area contributed by atoms with Gasteiger partial charge in [-0.2, -0.15) is 0 Å². The third kappa shape index (κ3) is 3.68. The number of aryl methyl sites for hydroxylation is 2. The number of rotatable bonds is 7. The second-order valence-corrected chi connectivity index (χ2v) is 5.24. The number of benzene rings is 1. The normalized spacial score (nSPS) is 11.0. The summed E-state index contributed by atoms with van der Waals surface area (Å²) in [6.07, 6.45) is 6.44. The zero-order valence-corrected chi connectivity index (χ0v) is 12.6. The highest BCUT2D eigenvalue weighted by Crippen LogP contribution is 2.11. The number of para-hydroxylation sites is 2. The number of nitrogens with zero attached hydrogens (tertiary/aromatic N) is 3. The van der Waals surface area contributed by atoms with Gasteiger partial charge in [-0.15, -0.1) is 0 Å². The van der Waals surface area contributed by atoms with Gasteiger partial charge in [0.1, 0.15) is 0 Å². The Balaban J connectivity index is 1.47. The van der Waals surface area contributed by atoms with Crippen molar-refractivity contribution in [2.75, 3.05) is 6.54 Å². The molecule has 1 amide bonds. The highest BCUT2D eigenvalue weighted by Gasteiger charge is 2.10. The van der Waals surface area contributed by atoms with Crippen LogP contribution in [0.3, 0.4) is 0 Å². The van der Waals surface area contributed by atoms with Crippen LogP contribution in [-0.2, 0) is 17.9 Å². The summed E-state index contributed by atoms with van der Waals surface area (Å²) in [6.45, 7) is 1.72. The Labute approximate surface area is 132 Å². The summed E-state index contributed by atoms with van der Waals surface area (Å²) in [5.74, 6) is -0.507. The summed E-state index contributed by atoms with van der Waals surface area (Å²) in [6, 6.07) is 7.19. The first-order valence-electron chi connectivity index (χ1n) is 7.55. The zero-order valence-electron chi connectivity index (χ0n) is 12.6. The van der Waals surface area contributed by atoms with Crippen molar-refractivity contribution in [1.29, 1.82) is 0 Å². The number of aromatic nitrogens is 3. The zero-order chi connectivity index (χ0) is 16.1. The van der Waals surface area contributed by atoms with Crippen LogP contribution in [0.15, 0.2) is 52.2 Å². The van der Waals surface area contributed by atoms with Crippen molar-refractivity contribution in [3.05, 3.63) is 53.5 Å². The number of fused-ring (bicyclic) bond motifs is 1. The van der Waals surface area contributed by atoms with Gasteiger partial charge in [-0.25, -0.2) is 9.78 Å². The third-order valence-corrected chi connectivity index (χ3v) is 3.61. The predicted molar refractivity (Wildman–Crippen MR) is 84.9 cm³/mol. The second-order valence-electron chi connectivity index (χ2n) is 5.24. The van der Waals surface area contributed by atoms with E-state index >= 15 is 0 Å². The molecule has 0 saturated heterocycles. The van der Waals surface area contributed by atoms with Crippen LogP contribution < -0.4 is 11.1 Å². The molecule has 3 aromatic rings. The molecule has 1 N–H and O–H groups in total. The Bertz CT molecular complexity index is 833. The molecule has 0 aliphatic carbocycles. The molecule has 3 rings (SSSR count). The Morgan fingerprint density at radius 3 is 2.96 bits per heavy atom. The van der Waals surface area contributed by atoms with Gasteiger partial charge in [-0.3, -0.25) is 9.36 Å². The van der Waals surface area contributed by atoms with Crippen LogP contribution in [0, 0.1) is 0 Å². The molecule has 2 aromatic heterocycles. The lowest BCUT2D eigenvalue weighted by Crippen LogP contribution is -2.27. The average Bonchev–Trinajstić information content (AvgIpc) is 3.16. The van der Waals surface area contributed by atoms with Crippen molar-refractivity contribution in [2.24, 2.45) is 0 Å². The molecular weight excluding hydrogens is 296 g/mol. The van der Waals surface area contributed by atoms with E-state index < -0.39 is 5.76 Å². The fourth-order valence-electron chi connectivity index (χ4n) is 2.44. The van der Waals surface area contributed by atoms with Gasteiger partial charge in [0.2, 0.25) is 5.91 Å². The van der Waals surface area contributed by atoms with E-state index in [1.54, 1.807) is 18.6 Å². The van der Waals surface area contributed by atoms with E-state index in [2.05, 4.69) is 10.3 Å². The molecule has 1 aromatic carbocycles. The topological polar surface area (TPSA) is 82.1 Å². The Morgan fingerprint density at radius 2 is 2.13 bits per heavy atom. The molecular formula is C16H18N4O3. The fraction of sp³-hybridized carbons (Fsp3) is 0.312. The van der Waals surface area contributed by atoms with E-state index in [1.165, 1.54) is 4.57 Å². The minimum Gasteiger partial charge on any atom is -0.408 e. The summed E-state index contributed by atoms with van der Waals surface area (Å²) in [7, 11) is 0. The lowest BCUT2D eigenvalue weighted by molar-refractivity contribution is -0.121. The van der Waals surface area contributed by atoms with E-state index in [1.807, 2.05) is 29.0 Å². The van der Waals surface area contributed by atoms with Crippen LogP contribution in [-0.4, -0.2) is 26.6 Å². The summed E-state index contributed by atoms with van der Waals surface area (Å²) in [5, 5.41) is 2.86. The van der Waals surface area contributed by atoms with Crippen molar-refractivity contribution in [3.63, 3.8) is 0 Å². The Hall–Kier alpha value is -2.83. The van der Waals surface area contributed by atoms with Gasteiger partial charge in [-0.1, -0.05) is 12.1 Å². The molecule has 0 fully saturated rings. The summed E-state index contributed by atoms with van der Waals surface area (Å²) in [5.41, 5.74) is 1.25. The lowest BCUT2D eigenvalue weighted by Gasteiger charge is -2.06. The average molecular weight is 314 g/mol. The molecule has 0 atom stereocenters. The van der Waals surface area contributed by atoms with Crippen LogP contribution >= 0.6 is 0 Å². The van der Waals surface area contributed by atoms with Crippen molar-refractivity contribution < 1.29 is 9.21 Å². The van der Waals surface area contributed by atoms with Gasteiger partial charge < -0.3 is 14.3 Å².